The average Bonchev–Trinajstić information content (AvgIpc) is 4.16. The second-order valence-corrected chi connectivity index (χ2v) is 16.2. The summed E-state index contributed by atoms with van der Waals surface area (Å²) in [5, 5.41) is 43.6. The Hall–Kier alpha value is -8.14. The van der Waals surface area contributed by atoms with E-state index in [0.29, 0.717) is 73.5 Å². The van der Waals surface area contributed by atoms with E-state index in [4.69, 9.17) is 18.9 Å². The molecule has 70 heavy (non-hydrogen) atoms. The standard InChI is InChI=1S/2C27H29N5O3/c2*1-2-26(33)35-17-8-4-3-7-16-34-25-15-14-20-10-5-6-13-23(20)27(25)31-29-22-12-9-11-21(18-22)24-19-28-32-30-24/h2*5-6,9-15,18-19H,2-4,7-8,16-17H2,1H3,(H,28,30,32). The van der Waals surface area contributed by atoms with Crippen molar-refractivity contribution in [1.29, 1.82) is 0 Å². The first-order valence-corrected chi connectivity index (χ1v) is 23.8. The average molecular weight is 943 g/mol. The van der Waals surface area contributed by atoms with E-state index < -0.39 is 0 Å². The predicted octanol–water partition coefficient (Wildman–Crippen LogP) is 13.9. The third-order valence-electron chi connectivity index (χ3n) is 11.1. The molecule has 0 fully saturated rings. The summed E-state index contributed by atoms with van der Waals surface area (Å²) < 4.78 is 22.5. The number of nitrogens with zero attached hydrogens (tertiary/aromatic N) is 8. The number of esters is 2. The molecule has 0 saturated carbocycles. The molecule has 0 atom stereocenters. The Morgan fingerprint density at radius 2 is 0.900 bits per heavy atom. The highest BCUT2D eigenvalue weighted by atomic mass is 16.5. The molecule has 0 radical (unpaired) electrons. The Kier molecular flexibility index (Phi) is 19.2. The largest absolute Gasteiger partial charge is 0.491 e. The predicted molar refractivity (Wildman–Crippen MR) is 270 cm³/mol. The maximum Gasteiger partial charge on any atom is 0.305 e. The van der Waals surface area contributed by atoms with E-state index in [9.17, 15) is 9.59 Å². The molecule has 2 aromatic heterocycles. The molecule has 16 nitrogen and oxygen atoms in total. The number of H-pyrrole nitrogens is 2. The van der Waals surface area contributed by atoms with E-state index in [-0.39, 0.29) is 11.9 Å². The number of ether oxygens (including phenoxy) is 4. The Morgan fingerprint density at radius 3 is 1.31 bits per heavy atom. The Labute approximate surface area is 406 Å². The zero-order valence-corrected chi connectivity index (χ0v) is 39.6. The first-order chi connectivity index (χ1) is 34.5. The number of hydrogen-bond acceptors (Lipinski definition) is 14. The molecule has 0 saturated heterocycles. The molecule has 2 heterocycles. The summed E-state index contributed by atoms with van der Waals surface area (Å²) >= 11 is 0. The number of rotatable bonds is 24. The van der Waals surface area contributed by atoms with Gasteiger partial charge in [0.1, 0.15) is 34.3 Å². The van der Waals surface area contributed by atoms with Crippen LogP contribution in [-0.2, 0) is 19.1 Å². The van der Waals surface area contributed by atoms with Crippen LogP contribution in [-0.4, -0.2) is 69.2 Å². The molecule has 0 unspecified atom stereocenters. The minimum atomic E-state index is -0.142. The zero-order chi connectivity index (χ0) is 48.6. The van der Waals surface area contributed by atoms with Crippen LogP contribution in [0.3, 0.4) is 0 Å². The number of fused-ring (bicyclic) bond motifs is 2. The van der Waals surface area contributed by atoms with E-state index in [2.05, 4.69) is 63.4 Å². The van der Waals surface area contributed by atoms with Crippen molar-refractivity contribution < 1.29 is 28.5 Å². The fourth-order valence-corrected chi connectivity index (χ4v) is 7.32. The minimum absolute atomic E-state index is 0.142. The molecule has 8 aromatic rings. The Morgan fingerprint density at radius 1 is 0.471 bits per heavy atom. The molecule has 0 aliphatic rings. The van der Waals surface area contributed by atoms with E-state index in [0.717, 1.165) is 95.4 Å². The van der Waals surface area contributed by atoms with Gasteiger partial charge in [0.15, 0.2) is 0 Å². The fourth-order valence-electron chi connectivity index (χ4n) is 7.32. The van der Waals surface area contributed by atoms with Crippen LogP contribution in [0.25, 0.3) is 44.1 Å². The Bertz CT molecular complexity index is 2740. The van der Waals surface area contributed by atoms with Gasteiger partial charge in [0.05, 0.1) is 50.2 Å². The summed E-state index contributed by atoms with van der Waals surface area (Å²) in [4.78, 5) is 22.4. The van der Waals surface area contributed by atoms with Gasteiger partial charge in [-0.3, -0.25) is 9.59 Å². The second kappa shape index (κ2) is 27.0. The lowest BCUT2D eigenvalue weighted by molar-refractivity contribution is -0.144. The number of carbonyl (C=O) groups is 2. The molecule has 16 heteroatoms. The number of aromatic amines is 2. The molecule has 0 aliphatic carbocycles. The van der Waals surface area contributed by atoms with Crippen LogP contribution in [0.15, 0.2) is 154 Å². The summed E-state index contributed by atoms with van der Waals surface area (Å²) in [5.41, 5.74) is 6.17. The van der Waals surface area contributed by atoms with Crippen LogP contribution in [0.5, 0.6) is 11.5 Å². The summed E-state index contributed by atoms with van der Waals surface area (Å²) in [6, 6.07) is 39.5. The molecule has 8 rings (SSSR count). The van der Waals surface area contributed by atoms with Crippen LogP contribution in [0, 0.1) is 0 Å². The van der Waals surface area contributed by atoms with Gasteiger partial charge in [-0.05, 0) is 98.5 Å². The van der Waals surface area contributed by atoms with E-state index in [1.807, 2.05) is 109 Å². The highest BCUT2D eigenvalue weighted by Crippen LogP contribution is 2.39. The van der Waals surface area contributed by atoms with Crippen molar-refractivity contribution >= 4 is 56.2 Å². The lowest BCUT2D eigenvalue weighted by Gasteiger charge is -2.11. The maximum atomic E-state index is 11.2. The number of nitrogens with one attached hydrogen (secondary N) is 2. The zero-order valence-electron chi connectivity index (χ0n) is 39.6. The first-order valence-electron chi connectivity index (χ1n) is 23.8. The topological polar surface area (TPSA) is 204 Å². The number of aromatic nitrogens is 6. The van der Waals surface area contributed by atoms with Crippen molar-refractivity contribution in [3.63, 3.8) is 0 Å². The van der Waals surface area contributed by atoms with Gasteiger partial charge in [-0.2, -0.15) is 41.0 Å². The second-order valence-electron chi connectivity index (χ2n) is 16.2. The number of unbranched alkanes of at least 4 members (excludes halogenated alkanes) is 6. The molecular weight excluding hydrogens is 885 g/mol. The van der Waals surface area contributed by atoms with Crippen molar-refractivity contribution in [2.75, 3.05) is 26.4 Å². The third-order valence-corrected chi connectivity index (χ3v) is 11.1. The summed E-state index contributed by atoms with van der Waals surface area (Å²) in [6.07, 6.45) is 11.7. The van der Waals surface area contributed by atoms with Crippen LogP contribution < -0.4 is 9.47 Å². The Balaban J connectivity index is 0.000000206. The van der Waals surface area contributed by atoms with Crippen LogP contribution in [0.4, 0.5) is 22.7 Å². The van der Waals surface area contributed by atoms with Gasteiger partial charge in [0.25, 0.3) is 0 Å². The van der Waals surface area contributed by atoms with Gasteiger partial charge in [-0.15, -0.1) is 10.2 Å². The van der Waals surface area contributed by atoms with Crippen LogP contribution in [0.2, 0.25) is 0 Å². The number of carbonyl (C=O) groups excluding carboxylic acids is 2. The SMILES string of the molecule is CCC(=O)OCCCCCCOc1ccc2ccccc2c1N=Nc1cccc(-c2cn[nH]n2)c1.CCC(=O)OCCCCCCOc1ccc2ccccc2c1N=Nc1cccc(-c2cn[nH]n2)c1. The van der Waals surface area contributed by atoms with Crippen molar-refractivity contribution in [2.24, 2.45) is 20.5 Å². The van der Waals surface area contributed by atoms with Gasteiger partial charge >= 0.3 is 11.9 Å². The van der Waals surface area contributed by atoms with Crippen molar-refractivity contribution in [3.05, 3.63) is 134 Å². The maximum absolute atomic E-state index is 11.2. The minimum Gasteiger partial charge on any atom is -0.491 e. The van der Waals surface area contributed by atoms with Gasteiger partial charge in [-0.1, -0.05) is 98.8 Å². The van der Waals surface area contributed by atoms with Gasteiger partial charge in [-0.25, -0.2) is 0 Å². The van der Waals surface area contributed by atoms with Gasteiger partial charge in [0.2, 0.25) is 0 Å². The number of azo groups is 2. The van der Waals surface area contributed by atoms with E-state index in [1.54, 1.807) is 26.2 Å². The molecule has 0 spiro atoms. The molecule has 2 N–H and O–H groups in total. The summed E-state index contributed by atoms with van der Waals surface area (Å²) in [5.74, 6) is 1.13. The summed E-state index contributed by atoms with van der Waals surface area (Å²) in [6.45, 7) is 5.74. The van der Waals surface area contributed by atoms with E-state index in [1.165, 1.54) is 0 Å². The molecule has 0 amide bonds. The summed E-state index contributed by atoms with van der Waals surface area (Å²) in [7, 11) is 0. The fraction of sp³-hybridized carbons (Fsp3) is 0.296. The van der Waals surface area contributed by atoms with E-state index >= 15 is 0 Å². The monoisotopic (exact) mass is 942 g/mol. The van der Waals surface area contributed by atoms with Gasteiger partial charge in [0, 0.05) is 34.7 Å². The lowest BCUT2D eigenvalue weighted by atomic mass is 10.1. The molecule has 360 valence electrons. The van der Waals surface area contributed by atoms with Crippen molar-refractivity contribution in [3.8, 4) is 34.0 Å². The van der Waals surface area contributed by atoms with Gasteiger partial charge < -0.3 is 18.9 Å². The highest BCUT2D eigenvalue weighted by molar-refractivity contribution is 5.96. The normalized spacial score (nSPS) is 11.2. The van der Waals surface area contributed by atoms with Crippen molar-refractivity contribution in [2.45, 2.75) is 78.1 Å². The lowest BCUT2D eigenvalue weighted by Crippen LogP contribution is -2.04. The highest BCUT2D eigenvalue weighted by Gasteiger charge is 2.12. The van der Waals surface area contributed by atoms with Crippen LogP contribution >= 0.6 is 0 Å². The quantitative estimate of drug-likeness (QED) is 0.0333. The first kappa shape index (κ1) is 49.8. The smallest absolute Gasteiger partial charge is 0.305 e. The number of hydrogen-bond donors (Lipinski definition) is 2. The molecule has 0 bridgehead atoms. The molecule has 0 aliphatic heterocycles. The number of benzene rings is 6. The van der Waals surface area contributed by atoms with Crippen molar-refractivity contribution in [1.82, 2.24) is 30.8 Å². The third kappa shape index (κ3) is 14.9. The molecular formula is C54H58N10O6. The molecule has 6 aromatic carbocycles. The van der Waals surface area contributed by atoms with Crippen LogP contribution in [0.1, 0.15) is 78.1 Å².